The van der Waals surface area contributed by atoms with Crippen molar-refractivity contribution in [1.82, 2.24) is 47.5 Å². The van der Waals surface area contributed by atoms with Crippen molar-refractivity contribution in [2.24, 2.45) is 56.0 Å². The molecule has 0 saturated carbocycles. The number of carbonyl (C=O) groups is 9. The molecule has 83 heavy (non-hydrogen) atoms. The van der Waals surface area contributed by atoms with Crippen molar-refractivity contribution in [3.63, 3.8) is 0 Å². The van der Waals surface area contributed by atoms with Gasteiger partial charge in [0.15, 0.2) is 17.4 Å². The fourth-order valence-electron chi connectivity index (χ4n) is 8.12. The number of amides is 8. The summed E-state index contributed by atoms with van der Waals surface area (Å²) >= 11 is 0. The number of nitro benzene ring substituents is 1. The van der Waals surface area contributed by atoms with Gasteiger partial charge in [0.1, 0.15) is 42.3 Å². The van der Waals surface area contributed by atoms with E-state index in [4.69, 9.17) is 44.8 Å². The number of non-ortho nitro benzene ring substituents is 1. The number of guanidine groups is 2. The number of nitrogens with two attached hydrogens (primary N) is 7. The number of nitrogens with zero attached hydrogens (tertiary/aromatic N) is 5. The molecule has 0 aliphatic rings. The Balaban J connectivity index is 2.08. The Hall–Kier alpha value is -9.27. The van der Waals surface area contributed by atoms with E-state index in [1.807, 2.05) is 0 Å². The van der Waals surface area contributed by atoms with Crippen LogP contribution in [0.3, 0.4) is 0 Å². The van der Waals surface area contributed by atoms with Gasteiger partial charge in [-0.3, -0.25) is 63.2 Å². The van der Waals surface area contributed by atoms with Crippen molar-refractivity contribution >= 4 is 87.6 Å². The minimum absolute atomic E-state index is 0.00954. The van der Waals surface area contributed by atoms with Gasteiger partial charge in [0, 0.05) is 38.5 Å². The first-order valence-corrected chi connectivity index (χ1v) is 26.7. The summed E-state index contributed by atoms with van der Waals surface area (Å²) in [4.78, 5) is 142. The Labute approximate surface area is 477 Å². The highest BCUT2D eigenvalue weighted by molar-refractivity contribution is 5.99. The van der Waals surface area contributed by atoms with Gasteiger partial charge in [0.2, 0.25) is 52.8 Å². The van der Waals surface area contributed by atoms with E-state index < -0.39 is 125 Å². The van der Waals surface area contributed by atoms with E-state index in [9.17, 15) is 58.4 Å². The zero-order chi connectivity index (χ0) is 61.8. The molecule has 0 saturated heterocycles. The minimum Gasteiger partial charge on any atom is -0.481 e. The van der Waals surface area contributed by atoms with Gasteiger partial charge >= 0.3 is 11.7 Å². The topological polar surface area (TPSA) is 559 Å². The first-order chi connectivity index (χ1) is 39.3. The molecule has 8 amide bonds. The number of anilines is 1. The van der Waals surface area contributed by atoms with Gasteiger partial charge < -0.3 is 87.8 Å². The van der Waals surface area contributed by atoms with Crippen molar-refractivity contribution in [1.29, 1.82) is 0 Å². The van der Waals surface area contributed by atoms with Gasteiger partial charge in [0.05, 0.1) is 16.7 Å². The van der Waals surface area contributed by atoms with Gasteiger partial charge in [-0.05, 0) is 99.1 Å². The lowest BCUT2D eigenvalue weighted by Crippen LogP contribution is -2.61. The summed E-state index contributed by atoms with van der Waals surface area (Å²) in [5.41, 5.74) is 38.8. The molecule has 3 rings (SSSR count). The molecule has 8 atom stereocenters. The Morgan fingerprint density at radius 1 is 0.602 bits per heavy atom. The zero-order valence-corrected chi connectivity index (χ0v) is 46.5. The quantitative estimate of drug-likeness (QED) is 0.00859. The van der Waals surface area contributed by atoms with Gasteiger partial charge in [-0.25, -0.2) is 4.63 Å². The summed E-state index contributed by atoms with van der Waals surface area (Å²) in [6.45, 7) is 4.68. The lowest BCUT2D eigenvalue weighted by Gasteiger charge is -2.29. The number of primary amides is 1. The van der Waals surface area contributed by atoms with Crippen LogP contribution in [0.15, 0.2) is 57.1 Å². The maximum absolute atomic E-state index is 14.7. The van der Waals surface area contributed by atoms with E-state index in [1.165, 1.54) is 13.0 Å². The number of aliphatic imine (C=N–C) groups is 2. The van der Waals surface area contributed by atoms with Crippen molar-refractivity contribution < 1.29 is 57.8 Å². The summed E-state index contributed by atoms with van der Waals surface area (Å²) in [5.74, 6) is -9.24. The molecule has 0 bridgehead atoms. The fraction of sp³-hybridized carbons (Fsp3) is 0.540. The predicted octanol–water partition coefficient (Wildman–Crippen LogP) is -3.84. The van der Waals surface area contributed by atoms with Crippen LogP contribution >= 0.6 is 0 Å². The van der Waals surface area contributed by atoms with Crippen LogP contribution in [-0.2, 0) is 49.6 Å². The lowest BCUT2D eigenvalue weighted by molar-refractivity contribution is -0.383. The van der Waals surface area contributed by atoms with E-state index in [-0.39, 0.29) is 99.0 Å². The molecule has 0 unspecified atom stereocenters. The molecule has 0 radical (unpaired) electrons. The van der Waals surface area contributed by atoms with E-state index in [0.717, 1.165) is 6.07 Å². The molecular formula is C50H78N20O13. The van der Waals surface area contributed by atoms with Crippen LogP contribution in [0, 0.1) is 16.0 Å². The number of carboxylic acid groups (broad SMARTS) is 1. The number of rotatable bonds is 38. The molecule has 33 heteroatoms. The molecule has 2 aromatic carbocycles. The van der Waals surface area contributed by atoms with Crippen molar-refractivity contribution in [3.05, 3.63) is 58.1 Å². The molecule has 23 N–H and O–H groups in total. The number of hydrogen-bond acceptors (Lipinski definition) is 19. The number of aliphatic carboxylic acids is 1. The Bertz CT molecular complexity index is 2750. The van der Waals surface area contributed by atoms with E-state index in [1.54, 1.807) is 44.2 Å². The predicted molar refractivity (Wildman–Crippen MR) is 303 cm³/mol. The van der Waals surface area contributed by atoms with Crippen LogP contribution < -0.4 is 82.7 Å². The third-order valence-corrected chi connectivity index (χ3v) is 12.4. The Morgan fingerprint density at radius 3 is 1.58 bits per heavy atom. The summed E-state index contributed by atoms with van der Waals surface area (Å²) in [5, 5.41) is 49.6. The number of hydrogen-bond donors (Lipinski definition) is 16. The van der Waals surface area contributed by atoms with E-state index >= 15 is 0 Å². The van der Waals surface area contributed by atoms with Crippen molar-refractivity contribution in [2.75, 3.05) is 31.5 Å². The molecule has 0 aliphatic carbocycles. The average molecular weight is 1170 g/mol. The van der Waals surface area contributed by atoms with Crippen LogP contribution in [0.25, 0.3) is 11.0 Å². The largest absolute Gasteiger partial charge is 0.481 e. The van der Waals surface area contributed by atoms with Crippen LogP contribution in [0.4, 0.5) is 11.4 Å². The molecule has 1 heterocycles. The average Bonchev–Trinajstić information content (AvgIpc) is 4.21. The number of benzene rings is 2. The third kappa shape index (κ3) is 24.2. The lowest BCUT2D eigenvalue weighted by atomic mass is 10.0. The Morgan fingerprint density at radius 2 is 1.07 bits per heavy atom. The molecule has 0 aliphatic heterocycles. The highest BCUT2D eigenvalue weighted by Gasteiger charge is 2.35. The number of fused-ring (bicyclic) bond motifs is 1. The van der Waals surface area contributed by atoms with Crippen LogP contribution in [-0.4, -0.2) is 160 Å². The summed E-state index contributed by atoms with van der Waals surface area (Å²) in [6, 6.07) is -0.421. The maximum Gasteiger partial charge on any atom is 0.303 e. The number of carboxylic acids is 1. The highest BCUT2D eigenvalue weighted by atomic mass is 16.6. The Kier molecular flexibility index (Phi) is 28.5. The molecule has 1 aromatic heterocycles. The van der Waals surface area contributed by atoms with Gasteiger partial charge in [-0.1, -0.05) is 44.2 Å². The standard InChI is InChI=1S/C50H78N20O13/c1-26(2)23-34(65-45(77)33(15-10-22-59-50(56)57)64-44(76)32(14-9-21-58-49(54)55)63-43(75)31(13-7-8-20-51)62-42(74)27(3)52)46(78)67-36(25-60-29-16-18-37(70(81)82)40-39(29)68-83-69-40)48(80)66-35(24-28-11-5-4-6-12-28)47(79)61-30(41(53)73)17-19-38(71)72/h4-6,11-12,16,18,26-27,30-36,60H,7-10,13-15,17,19-25,51-52H2,1-3H3,(H2,53,73)(H,61,79)(H,62,74)(H,63,75)(H,64,76)(H,65,77)(H,66,80)(H,67,78)(H,71,72)(H4,54,55,58)(H4,56,57,59)/t27-,30-,31-,32-,33-,34-,35-,36-/m0/s1. The zero-order valence-electron chi connectivity index (χ0n) is 46.5. The van der Waals surface area contributed by atoms with Gasteiger partial charge in [-0.2, -0.15) is 0 Å². The van der Waals surface area contributed by atoms with E-state index in [2.05, 4.69) is 62.8 Å². The molecule has 456 valence electrons. The van der Waals surface area contributed by atoms with Crippen molar-refractivity contribution in [2.45, 2.75) is 140 Å². The maximum atomic E-state index is 14.7. The number of aromatic nitrogens is 2. The van der Waals surface area contributed by atoms with Gasteiger partial charge in [0.25, 0.3) is 0 Å². The smallest absolute Gasteiger partial charge is 0.303 e. The van der Waals surface area contributed by atoms with Crippen molar-refractivity contribution in [3.8, 4) is 0 Å². The van der Waals surface area contributed by atoms with Crippen LogP contribution in [0.1, 0.15) is 90.5 Å². The monoisotopic (exact) mass is 1170 g/mol. The third-order valence-electron chi connectivity index (χ3n) is 12.4. The molecule has 0 spiro atoms. The number of carbonyl (C=O) groups excluding carboxylic acids is 8. The van der Waals surface area contributed by atoms with Gasteiger partial charge in [-0.15, -0.1) is 0 Å². The molecule has 33 nitrogen and oxygen atoms in total. The summed E-state index contributed by atoms with van der Waals surface area (Å²) in [6.07, 6.45) is -0.129. The first kappa shape index (κ1) is 68.0. The van der Waals surface area contributed by atoms with Crippen LogP contribution in [0.5, 0.6) is 0 Å². The molecular weight excluding hydrogens is 1090 g/mol. The second-order valence-corrected chi connectivity index (χ2v) is 19.8. The minimum atomic E-state index is -1.68. The summed E-state index contributed by atoms with van der Waals surface area (Å²) < 4.78 is 4.78. The van der Waals surface area contributed by atoms with Crippen LogP contribution in [0.2, 0.25) is 0 Å². The summed E-state index contributed by atoms with van der Waals surface area (Å²) in [7, 11) is 0. The van der Waals surface area contributed by atoms with E-state index in [0.29, 0.717) is 24.9 Å². The molecule has 3 aromatic rings. The normalized spacial score (nSPS) is 13.9. The number of unbranched alkanes of at least 4 members (excludes halogenated alkanes) is 1. The first-order valence-electron chi connectivity index (χ1n) is 26.7. The SMILES string of the molecule is CC(C)C[C@H](NC(=O)[C@H](CCCN=C(N)N)NC(=O)[C@H](CCCN=C(N)N)NC(=O)[C@H](CCCCN)NC(=O)[C@H](C)N)C(=O)N[C@@H](CNc1ccc([N+](=O)[O-])c2nonc12)C(=O)N[C@@H](Cc1ccccc1)C(=O)N[C@@H](CCC(=O)O)C(N)=O. The number of nitro groups is 1. The second-order valence-electron chi connectivity index (χ2n) is 19.8. The highest BCUT2D eigenvalue weighted by Crippen LogP contribution is 2.28. The molecule has 0 fully saturated rings. The second kappa shape index (κ2) is 34.8. The fourth-order valence-corrected chi connectivity index (χ4v) is 8.12. The number of nitrogens with one attached hydrogen (secondary N) is 8.